The van der Waals surface area contributed by atoms with Gasteiger partial charge in [0.15, 0.2) is 5.13 Å². The van der Waals surface area contributed by atoms with E-state index in [1.54, 1.807) is 11.8 Å². The van der Waals surface area contributed by atoms with E-state index < -0.39 is 0 Å². The van der Waals surface area contributed by atoms with Crippen molar-refractivity contribution in [3.05, 3.63) is 48.0 Å². The largest absolute Gasteiger partial charge is 0.492 e. The SMILES string of the molecule is CCOc1cccc2sc(N(CCN(C)C)C(=O)CSc3ccc(C)cc3)nc12.Cl. The molecule has 0 N–H and O–H groups in total. The van der Waals surface area contributed by atoms with Gasteiger partial charge in [-0.3, -0.25) is 9.69 Å². The first kappa shape index (κ1) is 24.5. The van der Waals surface area contributed by atoms with Gasteiger partial charge in [0.1, 0.15) is 11.3 Å². The van der Waals surface area contributed by atoms with Crippen LogP contribution >= 0.6 is 35.5 Å². The number of aryl methyl sites for hydroxylation is 1. The number of likely N-dealkylation sites (N-methyl/N-ethyl adjacent to an activating group) is 1. The first-order valence-corrected chi connectivity index (χ1v) is 11.4. The summed E-state index contributed by atoms with van der Waals surface area (Å²) in [7, 11) is 4.02. The summed E-state index contributed by atoms with van der Waals surface area (Å²) in [5, 5.41) is 0.725. The number of thioether (sulfide) groups is 1. The summed E-state index contributed by atoms with van der Waals surface area (Å²) in [5.74, 6) is 1.21. The Balaban J connectivity index is 0.00000320. The topological polar surface area (TPSA) is 45.7 Å². The zero-order valence-electron chi connectivity index (χ0n) is 17.8. The van der Waals surface area contributed by atoms with Crippen LogP contribution in [0.3, 0.4) is 0 Å². The minimum Gasteiger partial charge on any atom is -0.492 e. The number of hydrogen-bond acceptors (Lipinski definition) is 6. The molecule has 30 heavy (non-hydrogen) atoms. The highest BCUT2D eigenvalue weighted by Crippen LogP contribution is 2.34. The average molecular weight is 466 g/mol. The van der Waals surface area contributed by atoms with E-state index in [0.29, 0.717) is 18.9 Å². The molecule has 5 nitrogen and oxygen atoms in total. The minimum absolute atomic E-state index is 0. The molecule has 3 aromatic rings. The molecule has 0 aliphatic carbocycles. The van der Waals surface area contributed by atoms with Gasteiger partial charge >= 0.3 is 0 Å². The number of nitrogens with zero attached hydrogens (tertiary/aromatic N) is 3. The van der Waals surface area contributed by atoms with Crippen molar-refractivity contribution in [3.8, 4) is 5.75 Å². The smallest absolute Gasteiger partial charge is 0.239 e. The van der Waals surface area contributed by atoms with Crippen LogP contribution in [0.25, 0.3) is 10.2 Å². The number of anilines is 1. The van der Waals surface area contributed by atoms with Gasteiger partial charge in [0, 0.05) is 18.0 Å². The summed E-state index contributed by atoms with van der Waals surface area (Å²) in [6.07, 6.45) is 0. The normalized spacial score (nSPS) is 10.8. The van der Waals surface area contributed by atoms with Crippen molar-refractivity contribution in [1.82, 2.24) is 9.88 Å². The summed E-state index contributed by atoms with van der Waals surface area (Å²) >= 11 is 3.10. The second-order valence-electron chi connectivity index (χ2n) is 6.98. The van der Waals surface area contributed by atoms with E-state index >= 15 is 0 Å². The number of carbonyl (C=O) groups is 1. The van der Waals surface area contributed by atoms with Gasteiger partial charge in [0.25, 0.3) is 0 Å². The molecule has 0 aliphatic heterocycles. The molecule has 2 aromatic carbocycles. The fourth-order valence-electron chi connectivity index (χ4n) is 2.78. The van der Waals surface area contributed by atoms with E-state index in [4.69, 9.17) is 9.72 Å². The maximum absolute atomic E-state index is 13.1. The van der Waals surface area contributed by atoms with Gasteiger partial charge in [-0.15, -0.1) is 24.2 Å². The Hall–Kier alpha value is -1.80. The van der Waals surface area contributed by atoms with Gasteiger partial charge in [-0.05, 0) is 52.2 Å². The summed E-state index contributed by atoms with van der Waals surface area (Å²) in [6, 6.07) is 14.2. The highest BCUT2D eigenvalue weighted by atomic mass is 35.5. The number of halogens is 1. The lowest BCUT2D eigenvalue weighted by Crippen LogP contribution is -2.37. The third-order valence-corrected chi connectivity index (χ3v) is 6.40. The van der Waals surface area contributed by atoms with E-state index in [9.17, 15) is 4.79 Å². The van der Waals surface area contributed by atoms with Gasteiger partial charge < -0.3 is 9.64 Å². The predicted octanol–water partition coefficient (Wildman–Crippen LogP) is 5.11. The number of aromatic nitrogens is 1. The quantitative estimate of drug-likeness (QED) is 0.411. The standard InChI is InChI=1S/C22H27N3O2S2.ClH/c1-5-27-18-7-6-8-19-21(18)23-22(29-19)25(14-13-24(3)4)20(26)15-28-17-11-9-16(2)10-12-17;/h6-12H,5,13-15H2,1-4H3;1H. The molecule has 162 valence electrons. The van der Waals surface area contributed by atoms with Crippen molar-refractivity contribution in [3.63, 3.8) is 0 Å². The summed E-state index contributed by atoms with van der Waals surface area (Å²) in [6.45, 7) is 5.98. The number of hydrogen-bond donors (Lipinski definition) is 0. The van der Waals surface area contributed by atoms with Gasteiger partial charge in [-0.2, -0.15) is 0 Å². The molecule has 0 radical (unpaired) electrons. The second-order valence-corrected chi connectivity index (χ2v) is 9.04. The fraction of sp³-hybridized carbons (Fsp3) is 0.364. The van der Waals surface area contributed by atoms with Gasteiger partial charge in [0.05, 0.1) is 17.1 Å². The second kappa shape index (κ2) is 11.6. The number of amides is 1. The molecule has 0 saturated carbocycles. The van der Waals surface area contributed by atoms with E-state index in [2.05, 4.69) is 36.1 Å². The van der Waals surface area contributed by atoms with Gasteiger partial charge in [-0.1, -0.05) is 35.1 Å². The molecule has 0 bridgehead atoms. The van der Waals surface area contributed by atoms with Crippen molar-refractivity contribution in [1.29, 1.82) is 0 Å². The third kappa shape index (κ3) is 6.35. The molecule has 1 amide bonds. The molecule has 0 fully saturated rings. The number of fused-ring (bicyclic) bond motifs is 1. The lowest BCUT2D eigenvalue weighted by atomic mass is 10.2. The molecular formula is C22H28ClN3O2S2. The Labute approximate surface area is 192 Å². The number of rotatable bonds is 9. The van der Waals surface area contributed by atoms with Crippen LogP contribution in [0.5, 0.6) is 5.75 Å². The van der Waals surface area contributed by atoms with Crippen LogP contribution in [0.1, 0.15) is 12.5 Å². The van der Waals surface area contributed by atoms with Crippen molar-refractivity contribution in [2.75, 3.05) is 44.4 Å². The third-order valence-electron chi connectivity index (χ3n) is 4.36. The summed E-state index contributed by atoms with van der Waals surface area (Å²) < 4.78 is 6.74. The van der Waals surface area contributed by atoms with Crippen molar-refractivity contribution in [2.45, 2.75) is 18.7 Å². The number of carbonyl (C=O) groups excluding carboxylic acids is 1. The number of ether oxygens (including phenoxy) is 1. The molecule has 0 aliphatic rings. The molecule has 0 saturated heterocycles. The van der Waals surface area contributed by atoms with E-state index in [1.807, 2.05) is 44.1 Å². The van der Waals surface area contributed by atoms with Crippen LogP contribution in [-0.4, -0.2) is 55.3 Å². The van der Waals surface area contributed by atoms with Crippen LogP contribution in [0.4, 0.5) is 5.13 Å². The van der Waals surface area contributed by atoms with Crippen LogP contribution in [-0.2, 0) is 4.79 Å². The Bertz CT molecular complexity index is 961. The van der Waals surface area contributed by atoms with Crippen LogP contribution in [0, 0.1) is 6.92 Å². The van der Waals surface area contributed by atoms with E-state index in [-0.39, 0.29) is 18.3 Å². The first-order valence-electron chi connectivity index (χ1n) is 9.65. The number of benzene rings is 2. The molecule has 3 rings (SSSR count). The highest BCUT2D eigenvalue weighted by Gasteiger charge is 2.21. The highest BCUT2D eigenvalue weighted by molar-refractivity contribution is 8.00. The Morgan fingerprint density at radius 2 is 1.87 bits per heavy atom. The van der Waals surface area contributed by atoms with Crippen LogP contribution in [0.15, 0.2) is 47.4 Å². The molecule has 1 aromatic heterocycles. The molecule has 8 heteroatoms. The number of thiazole rings is 1. The van der Waals surface area contributed by atoms with Crippen LogP contribution < -0.4 is 9.64 Å². The summed E-state index contributed by atoms with van der Waals surface area (Å²) in [4.78, 5) is 22.9. The zero-order chi connectivity index (χ0) is 20.8. The Morgan fingerprint density at radius 1 is 1.13 bits per heavy atom. The van der Waals surface area contributed by atoms with Crippen molar-refractivity contribution in [2.24, 2.45) is 0 Å². The lowest BCUT2D eigenvalue weighted by molar-refractivity contribution is -0.116. The monoisotopic (exact) mass is 465 g/mol. The number of para-hydroxylation sites is 1. The summed E-state index contributed by atoms with van der Waals surface area (Å²) in [5.41, 5.74) is 2.04. The molecule has 1 heterocycles. The zero-order valence-corrected chi connectivity index (χ0v) is 20.2. The van der Waals surface area contributed by atoms with Gasteiger partial charge in [0.2, 0.25) is 5.91 Å². The molecule has 0 atom stereocenters. The maximum atomic E-state index is 13.1. The molecular weight excluding hydrogens is 438 g/mol. The first-order chi connectivity index (χ1) is 14.0. The van der Waals surface area contributed by atoms with Crippen molar-refractivity contribution >= 4 is 56.8 Å². The van der Waals surface area contributed by atoms with Crippen molar-refractivity contribution < 1.29 is 9.53 Å². The lowest BCUT2D eigenvalue weighted by Gasteiger charge is -2.21. The Kier molecular flexibility index (Phi) is 9.42. The Morgan fingerprint density at radius 3 is 2.53 bits per heavy atom. The van der Waals surface area contributed by atoms with E-state index in [0.717, 1.165) is 32.5 Å². The van der Waals surface area contributed by atoms with Gasteiger partial charge in [-0.25, -0.2) is 4.98 Å². The predicted molar refractivity (Wildman–Crippen MR) is 131 cm³/mol. The van der Waals surface area contributed by atoms with Crippen LogP contribution in [0.2, 0.25) is 0 Å². The molecule has 0 spiro atoms. The fourth-order valence-corrected chi connectivity index (χ4v) is 4.58. The maximum Gasteiger partial charge on any atom is 0.239 e. The molecule has 0 unspecified atom stereocenters. The average Bonchev–Trinajstić information content (AvgIpc) is 3.12. The minimum atomic E-state index is 0. The van der Waals surface area contributed by atoms with E-state index in [1.165, 1.54) is 16.9 Å².